The number of benzene rings is 2. The van der Waals surface area contributed by atoms with Crippen LogP contribution in [0.15, 0.2) is 59.7 Å². The van der Waals surface area contributed by atoms with Crippen LogP contribution in [-0.2, 0) is 13.6 Å². The lowest BCUT2D eigenvalue weighted by Crippen LogP contribution is -2.36. The zero-order valence-corrected chi connectivity index (χ0v) is 12.3. The van der Waals surface area contributed by atoms with Crippen LogP contribution in [0.3, 0.4) is 0 Å². The molecular weight excluding hydrogens is 274 g/mol. The molecule has 2 N–H and O–H groups in total. The van der Waals surface area contributed by atoms with Gasteiger partial charge in [-0.15, -0.1) is 0 Å². The fraction of sp³-hybridized carbons (Fsp3) is 0.111. The van der Waals surface area contributed by atoms with Crippen LogP contribution in [0, 0.1) is 0 Å². The van der Waals surface area contributed by atoms with Crippen molar-refractivity contribution in [2.75, 3.05) is 5.73 Å². The molecule has 0 saturated carbocycles. The Morgan fingerprint density at radius 3 is 2.73 bits per heavy atom. The van der Waals surface area contributed by atoms with E-state index in [1.54, 1.807) is 6.07 Å². The normalized spacial score (nSPS) is 11.5. The van der Waals surface area contributed by atoms with Gasteiger partial charge in [0.25, 0.3) is 10.9 Å². The number of aromatic nitrogens is 2. The van der Waals surface area contributed by atoms with Gasteiger partial charge in [0, 0.05) is 18.8 Å². The van der Waals surface area contributed by atoms with Gasteiger partial charge in [0.1, 0.15) is 0 Å². The fourth-order valence-corrected chi connectivity index (χ4v) is 3.09. The van der Waals surface area contributed by atoms with Crippen LogP contribution < -0.4 is 15.7 Å². The van der Waals surface area contributed by atoms with Gasteiger partial charge >= 0.3 is 0 Å². The molecule has 22 heavy (non-hydrogen) atoms. The minimum Gasteiger partial charge on any atom is -0.395 e. The van der Waals surface area contributed by atoms with Crippen molar-refractivity contribution in [3.05, 3.63) is 70.6 Å². The van der Waals surface area contributed by atoms with Gasteiger partial charge in [-0.2, -0.15) is 4.57 Å². The smallest absolute Gasteiger partial charge is 0.273 e. The first-order valence-electron chi connectivity index (χ1n) is 7.22. The first-order chi connectivity index (χ1) is 10.6. The molecule has 0 spiro atoms. The van der Waals surface area contributed by atoms with Crippen molar-refractivity contribution < 1.29 is 4.57 Å². The SMILES string of the molecule is Cn1ccc2c[n+](Cc3ccccc3)c3c(=O)c(N)cc1c23. The second-order valence-corrected chi connectivity index (χ2v) is 5.66. The van der Waals surface area contributed by atoms with Crippen molar-refractivity contribution in [2.45, 2.75) is 6.54 Å². The van der Waals surface area contributed by atoms with Crippen LogP contribution >= 0.6 is 0 Å². The van der Waals surface area contributed by atoms with Gasteiger partial charge < -0.3 is 10.3 Å². The van der Waals surface area contributed by atoms with Gasteiger partial charge in [-0.25, -0.2) is 0 Å². The number of nitrogens with zero attached hydrogens (tertiary/aromatic N) is 2. The summed E-state index contributed by atoms with van der Waals surface area (Å²) in [6.07, 6.45) is 4.03. The zero-order chi connectivity index (χ0) is 15.3. The minimum absolute atomic E-state index is 0.0929. The Morgan fingerprint density at radius 2 is 1.95 bits per heavy atom. The maximum Gasteiger partial charge on any atom is 0.273 e. The topological polar surface area (TPSA) is 51.9 Å². The molecule has 108 valence electrons. The molecule has 4 nitrogen and oxygen atoms in total. The predicted octanol–water partition coefficient (Wildman–Crippen LogP) is 2.05. The van der Waals surface area contributed by atoms with Crippen molar-refractivity contribution in [1.29, 1.82) is 0 Å². The summed E-state index contributed by atoms with van der Waals surface area (Å²) in [4.78, 5) is 12.6. The van der Waals surface area contributed by atoms with E-state index in [4.69, 9.17) is 5.73 Å². The molecule has 2 heterocycles. The molecule has 0 fully saturated rings. The molecule has 0 amide bonds. The Morgan fingerprint density at radius 1 is 1.18 bits per heavy atom. The number of anilines is 1. The molecule has 2 aromatic carbocycles. The van der Waals surface area contributed by atoms with Crippen LogP contribution in [0.25, 0.3) is 21.8 Å². The van der Waals surface area contributed by atoms with Gasteiger partial charge in [0.05, 0.1) is 22.0 Å². The van der Waals surface area contributed by atoms with E-state index in [1.807, 2.05) is 52.8 Å². The predicted molar refractivity (Wildman–Crippen MR) is 88.0 cm³/mol. The molecule has 0 saturated heterocycles. The molecule has 4 rings (SSSR count). The highest BCUT2D eigenvalue weighted by Crippen LogP contribution is 2.24. The van der Waals surface area contributed by atoms with E-state index in [0.29, 0.717) is 17.7 Å². The standard InChI is InChI=1S/C18H15N3O/c1-20-8-7-13-11-21(10-12-5-3-2-4-6-12)17-16(13)15(20)9-14(19)18(17)22/h2-9,11,19H,10H2,1H3/p+1. The van der Waals surface area contributed by atoms with E-state index in [9.17, 15) is 4.79 Å². The molecule has 0 aliphatic carbocycles. The molecule has 0 aliphatic rings. The maximum atomic E-state index is 12.6. The third kappa shape index (κ3) is 1.77. The van der Waals surface area contributed by atoms with Crippen molar-refractivity contribution >= 4 is 27.5 Å². The monoisotopic (exact) mass is 290 g/mol. The zero-order valence-electron chi connectivity index (χ0n) is 12.3. The summed E-state index contributed by atoms with van der Waals surface area (Å²) < 4.78 is 4.00. The Labute approximate surface area is 127 Å². The average molecular weight is 290 g/mol. The van der Waals surface area contributed by atoms with Crippen molar-refractivity contribution in [2.24, 2.45) is 7.05 Å². The maximum absolute atomic E-state index is 12.6. The van der Waals surface area contributed by atoms with Crippen molar-refractivity contribution in [1.82, 2.24) is 4.57 Å². The molecule has 4 heteroatoms. The number of hydrogen-bond donors (Lipinski definition) is 1. The lowest BCUT2D eigenvalue weighted by Gasteiger charge is -2.04. The van der Waals surface area contributed by atoms with Gasteiger partial charge in [-0.1, -0.05) is 30.3 Å². The molecule has 0 atom stereocenters. The second kappa shape index (κ2) is 4.56. The molecule has 0 radical (unpaired) electrons. The summed E-state index contributed by atoms with van der Waals surface area (Å²) in [5, 5.41) is 2.05. The number of hydrogen-bond acceptors (Lipinski definition) is 2. The van der Waals surface area contributed by atoms with Crippen LogP contribution in [-0.4, -0.2) is 4.57 Å². The summed E-state index contributed by atoms with van der Waals surface area (Å²) in [6.45, 7) is 0.660. The van der Waals surface area contributed by atoms with Crippen LogP contribution in [0.1, 0.15) is 5.56 Å². The molecule has 0 aliphatic heterocycles. The minimum atomic E-state index is -0.0929. The van der Waals surface area contributed by atoms with E-state index < -0.39 is 0 Å². The number of nitrogens with two attached hydrogens (primary N) is 1. The first-order valence-corrected chi connectivity index (χ1v) is 7.22. The highest BCUT2D eigenvalue weighted by Gasteiger charge is 2.23. The molecule has 0 bridgehead atoms. The molecule has 2 aromatic heterocycles. The quantitative estimate of drug-likeness (QED) is 0.454. The third-order valence-electron chi connectivity index (χ3n) is 4.19. The summed E-state index contributed by atoms with van der Waals surface area (Å²) in [7, 11) is 1.96. The lowest BCUT2D eigenvalue weighted by atomic mass is 10.1. The summed E-state index contributed by atoms with van der Waals surface area (Å²) in [5.74, 6) is 0. The fourth-order valence-electron chi connectivity index (χ4n) is 3.09. The van der Waals surface area contributed by atoms with E-state index in [1.165, 1.54) is 0 Å². The van der Waals surface area contributed by atoms with Gasteiger partial charge in [-0.05, 0) is 12.1 Å². The van der Waals surface area contributed by atoms with E-state index in [2.05, 4.69) is 12.1 Å². The van der Waals surface area contributed by atoms with Gasteiger partial charge in [-0.3, -0.25) is 4.79 Å². The van der Waals surface area contributed by atoms with E-state index in [-0.39, 0.29) is 5.43 Å². The van der Waals surface area contributed by atoms with Crippen LogP contribution in [0.4, 0.5) is 5.69 Å². The number of aryl methyl sites for hydroxylation is 1. The lowest BCUT2D eigenvalue weighted by molar-refractivity contribution is -0.659. The van der Waals surface area contributed by atoms with Crippen LogP contribution in [0.5, 0.6) is 0 Å². The number of rotatable bonds is 2. The Hall–Kier alpha value is -2.88. The number of nitrogen functional groups attached to an aromatic ring is 1. The molecule has 0 unspecified atom stereocenters. The second-order valence-electron chi connectivity index (χ2n) is 5.66. The highest BCUT2D eigenvalue weighted by atomic mass is 16.1. The summed E-state index contributed by atoms with van der Waals surface area (Å²) in [5.41, 5.74) is 8.97. The first kappa shape index (κ1) is 12.8. The Balaban J connectivity index is 2.06. The summed E-state index contributed by atoms with van der Waals surface area (Å²) >= 11 is 0. The Kier molecular flexibility index (Phi) is 2.66. The van der Waals surface area contributed by atoms with E-state index >= 15 is 0 Å². The molecule has 4 aromatic rings. The molecular formula is C18H16N3O+. The van der Waals surface area contributed by atoms with Crippen molar-refractivity contribution in [3.63, 3.8) is 0 Å². The summed E-state index contributed by atoms with van der Waals surface area (Å²) in [6, 6.07) is 13.9. The van der Waals surface area contributed by atoms with Crippen LogP contribution in [0.2, 0.25) is 0 Å². The largest absolute Gasteiger partial charge is 0.395 e. The van der Waals surface area contributed by atoms with E-state index in [0.717, 1.165) is 21.9 Å². The average Bonchev–Trinajstić information content (AvgIpc) is 2.88. The highest BCUT2D eigenvalue weighted by molar-refractivity contribution is 6.07. The number of pyridine rings is 1. The van der Waals surface area contributed by atoms with Crippen molar-refractivity contribution in [3.8, 4) is 0 Å². The van der Waals surface area contributed by atoms with Gasteiger partial charge in [0.2, 0.25) is 0 Å². The Bertz CT molecular complexity index is 1040. The third-order valence-corrected chi connectivity index (χ3v) is 4.19. The van der Waals surface area contributed by atoms with Gasteiger partial charge in [0.15, 0.2) is 12.7 Å².